The smallest absolute Gasteiger partial charge is 0.210 e. The Bertz CT molecular complexity index is 729. The van der Waals surface area contributed by atoms with Crippen molar-refractivity contribution in [1.82, 2.24) is 9.97 Å². The fourth-order valence-corrected chi connectivity index (χ4v) is 2.15. The lowest BCUT2D eigenvalue weighted by molar-refractivity contribution is 0.533. The molecule has 2 N–H and O–H groups in total. The van der Waals surface area contributed by atoms with Gasteiger partial charge in [0.1, 0.15) is 0 Å². The van der Waals surface area contributed by atoms with E-state index in [9.17, 15) is 0 Å². The van der Waals surface area contributed by atoms with Gasteiger partial charge in [0.15, 0.2) is 11.2 Å². The number of rotatable bonds is 3. The van der Waals surface area contributed by atoms with Gasteiger partial charge in [0.25, 0.3) is 0 Å². The summed E-state index contributed by atoms with van der Waals surface area (Å²) in [5.74, 6) is 1.04. The van der Waals surface area contributed by atoms with Crippen LogP contribution in [0.25, 0.3) is 22.5 Å². The summed E-state index contributed by atoms with van der Waals surface area (Å²) in [6.45, 7) is 4.65. The van der Waals surface area contributed by atoms with E-state index in [1.807, 2.05) is 12.1 Å². The van der Waals surface area contributed by atoms with Crippen LogP contribution in [-0.4, -0.2) is 9.97 Å². The lowest BCUT2D eigenvalue weighted by Gasteiger charge is -2.06. The summed E-state index contributed by atoms with van der Waals surface area (Å²) in [7, 11) is 0. The maximum absolute atomic E-state index is 5.52. The summed E-state index contributed by atoms with van der Waals surface area (Å²) >= 11 is 0. The highest BCUT2D eigenvalue weighted by atomic mass is 16.3. The van der Waals surface area contributed by atoms with Gasteiger partial charge in [-0.15, -0.1) is 0 Å². The molecule has 0 amide bonds. The fraction of sp³-hybridized carbons (Fsp3) is 0.250. The first-order valence-electron chi connectivity index (χ1n) is 6.74. The predicted octanol–water partition coefficient (Wildman–Crippen LogP) is 3.47. The van der Waals surface area contributed by atoms with Crippen LogP contribution in [0.4, 0.5) is 0 Å². The van der Waals surface area contributed by atoms with Crippen LogP contribution in [0.2, 0.25) is 0 Å². The molecule has 3 rings (SSSR count). The highest BCUT2D eigenvalue weighted by Crippen LogP contribution is 2.23. The van der Waals surface area contributed by atoms with Crippen molar-refractivity contribution < 1.29 is 4.42 Å². The number of oxazole rings is 1. The van der Waals surface area contributed by atoms with E-state index in [4.69, 9.17) is 10.2 Å². The Morgan fingerprint density at radius 1 is 1.05 bits per heavy atom. The zero-order chi connectivity index (χ0) is 14.1. The second kappa shape index (κ2) is 5.06. The summed E-state index contributed by atoms with van der Waals surface area (Å²) in [6.07, 6.45) is 0. The Balaban J connectivity index is 2.00. The molecule has 0 spiro atoms. The maximum atomic E-state index is 5.52. The molecule has 4 heteroatoms. The Morgan fingerprint density at radius 3 is 2.45 bits per heavy atom. The van der Waals surface area contributed by atoms with Crippen molar-refractivity contribution >= 4 is 11.2 Å². The van der Waals surface area contributed by atoms with E-state index in [2.05, 4.69) is 48.1 Å². The molecule has 0 bridgehead atoms. The van der Waals surface area contributed by atoms with Gasteiger partial charge in [0.2, 0.25) is 5.89 Å². The van der Waals surface area contributed by atoms with Crippen LogP contribution in [0.1, 0.15) is 31.2 Å². The number of aromatic nitrogens is 2. The van der Waals surface area contributed by atoms with Gasteiger partial charge >= 0.3 is 0 Å². The minimum absolute atomic E-state index is 0.286. The molecule has 0 saturated heterocycles. The fourth-order valence-electron chi connectivity index (χ4n) is 2.15. The molecule has 1 aromatic carbocycles. The Morgan fingerprint density at radius 2 is 1.80 bits per heavy atom. The molecule has 20 heavy (non-hydrogen) atoms. The average Bonchev–Trinajstić information content (AvgIpc) is 2.89. The average molecular weight is 267 g/mol. The minimum atomic E-state index is 0.286. The van der Waals surface area contributed by atoms with E-state index in [0.717, 1.165) is 11.3 Å². The highest BCUT2D eigenvalue weighted by molar-refractivity contribution is 5.73. The van der Waals surface area contributed by atoms with Crippen LogP contribution in [-0.2, 0) is 6.54 Å². The second-order valence-electron chi connectivity index (χ2n) is 5.11. The molecule has 0 aliphatic carbocycles. The Labute approximate surface area is 117 Å². The van der Waals surface area contributed by atoms with Crippen molar-refractivity contribution in [3.05, 3.63) is 47.9 Å². The lowest BCUT2D eigenvalue weighted by Crippen LogP contribution is -1.95. The molecule has 0 fully saturated rings. The predicted molar refractivity (Wildman–Crippen MR) is 79.2 cm³/mol. The maximum Gasteiger partial charge on any atom is 0.210 e. The van der Waals surface area contributed by atoms with Crippen LogP contribution >= 0.6 is 0 Å². The van der Waals surface area contributed by atoms with E-state index >= 15 is 0 Å². The summed E-state index contributed by atoms with van der Waals surface area (Å²) in [5, 5.41) is 0. The van der Waals surface area contributed by atoms with E-state index in [0.29, 0.717) is 23.0 Å². The van der Waals surface area contributed by atoms with E-state index < -0.39 is 0 Å². The molecule has 102 valence electrons. The normalized spacial score (nSPS) is 11.4. The van der Waals surface area contributed by atoms with Gasteiger partial charge in [0, 0.05) is 5.56 Å². The van der Waals surface area contributed by atoms with Crippen LogP contribution in [0.15, 0.2) is 40.8 Å². The third-order valence-corrected chi connectivity index (χ3v) is 3.35. The number of benzene rings is 1. The van der Waals surface area contributed by atoms with E-state index in [-0.39, 0.29) is 6.54 Å². The van der Waals surface area contributed by atoms with Crippen molar-refractivity contribution in [2.24, 2.45) is 5.73 Å². The number of nitrogens with zero attached hydrogens (tertiary/aromatic N) is 2. The van der Waals surface area contributed by atoms with Crippen LogP contribution in [0, 0.1) is 0 Å². The van der Waals surface area contributed by atoms with E-state index in [1.54, 1.807) is 0 Å². The monoisotopic (exact) mass is 267 g/mol. The standard InChI is InChI=1S/C16H17N3O/c1-10(2)11-3-5-12(6-4-11)13-7-8-14-16(18-13)19-15(9-17)20-14/h3-8,10H,9,17H2,1-2H3. The molecule has 0 aliphatic heterocycles. The molecule has 2 heterocycles. The minimum Gasteiger partial charge on any atom is -0.438 e. The number of fused-ring (bicyclic) bond motifs is 1. The SMILES string of the molecule is CC(C)c1ccc(-c2ccc3oc(CN)nc3n2)cc1. The van der Waals surface area contributed by atoms with Crippen LogP contribution in [0.3, 0.4) is 0 Å². The zero-order valence-corrected chi connectivity index (χ0v) is 11.6. The molecular formula is C16H17N3O. The first-order chi connectivity index (χ1) is 9.67. The summed E-state index contributed by atoms with van der Waals surface area (Å²) < 4.78 is 5.46. The molecule has 2 aromatic heterocycles. The summed E-state index contributed by atoms with van der Waals surface area (Å²) in [5.41, 5.74) is 10.1. The number of nitrogens with two attached hydrogens (primary N) is 1. The van der Waals surface area contributed by atoms with Gasteiger partial charge in [0.05, 0.1) is 12.2 Å². The van der Waals surface area contributed by atoms with Gasteiger partial charge in [-0.2, -0.15) is 4.98 Å². The first kappa shape index (κ1) is 12.8. The molecule has 0 saturated carbocycles. The van der Waals surface area contributed by atoms with Gasteiger partial charge in [-0.25, -0.2) is 4.98 Å². The third kappa shape index (κ3) is 2.30. The molecular weight excluding hydrogens is 250 g/mol. The Hall–Kier alpha value is -2.20. The van der Waals surface area contributed by atoms with Crippen molar-refractivity contribution in [1.29, 1.82) is 0 Å². The zero-order valence-electron chi connectivity index (χ0n) is 11.6. The second-order valence-corrected chi connectivity index (χ2v) is 5.11. The number of hydrogen-bond acceptors (Lipinski definition) is 4. The van der Waals surface area contributed by atoms with Crippen molar-refractivity contribution in [2.75, 3.05) is 0 Å². The van der Waals surface area contributed by atoms with E-state index in [1.165, 1.54) is 5.56 Å². The van der Waals surface area contributed by atoms with Crippen LogP contribution in [0.5, 0.6) is 0 Å². The van der Waals surface area contributed by atoms with Gasteiger partial charge in [-0.1, -0.05) is 38.1 Å². The molecule has 0 radical (unpaired) electrons. The molecule has 0 aliphatic rings. The lowest BCUT2D eigenvalue weighted by atomic mass is 10.0. The molecule has 4 nitrogen and oxygen atoms in total. The number of pyridine rings is 1. The molecule has 3 aromatic rings. The quantitative estimate of drug-likeness (QED) is 0.789. The number of hydrogen-bond donors (Lipinski definition) is 1. The summed E-state index contributed by atoms with van der Waals surface area (Å²) in [4.78, 5) is 8.79. The van der Waals surface area contributed by atoms with Crippen molar-refractivity contribution in [3.63, 3.8) is 0 Å². The van der Waals surface area contributed by atoms with Crippen molar-refractivity contribution in [3.8, 4) is 11.3 Å². The highest BCUT2D eigenvalue weighted by Gasteiger charge is 2.08. The molecule has 0 unspecified atom stereocenters. The third-order valence-electron chi connectivity index (χ3n) is 3.35. The summed E-state index contributed by atoms with van der Waals surface area (Å²) in [6, 6.07) is 12.3. The van der Waals surface area contributed by atoms with Gasteiger partial charge < -0.3 is 10.2 Å². The Kier molecular flexibility index (Phi) is 3.24. The largest absolute Gasteiger partial charge is 0.438 e. The van der Waals surface area contributed by atoms with Crippen LogP contribution < -0.4 is 5.73 Å². The first-order valence-corrected chi connectivity index (χ1v) is 6.74. The molecule has 0 atom stereocenters. The van der Waals surface area contributed by atoms with Gasteiger partial charge in [-0.05, 0) is 23.6 Å². The topological polar surface area (TPSA) is 64.9 Å². The van der Waals surface area contributed by atoms with Crippen molar-refractivity contribution in [2.45, 2.75) is 26.3 Å². The van der Waals surface area contributed by atoms with Gasteiger partial charge in [-0.3, -0.25) is 0 Å².